The van der Waals surface area contributed by atoms with E-state index in [0.29, 0.717) is 31.6 Å². The van der Waals surface area contributed by atoms with Gasteiger partial charge < -0.3 is 15.4 Å². The minimum Gasteiger partial charge on any atom is -0.380 e. The van der Waals surface area contributed by atoms with E-state index in [0.717, 1.165) is 11.6 Å². The lowest BCUT2D eigenvalue weighted by Gasteiger charge is -2.26. The maximum atomic E-state index is 13.2. The first-order valence-electron chi connectivity index (χ1n) is 12.1. The summed E-state index contributed by atoms with van der Waals surface area (Å²) in [7, 11) is 0. The van der Waals surface area contributed by atoms with Gasteiger partial charge in [0.1, 0.15) is 5.69 Å². The molecule has 1 fully saturated rings. The molecule has 200 valence electrons. The maximum Gasteiger partial charge on any atom is 0.418 e. The number of hydrogen-bond acceptors (Lipinski definition) is 6. The van der Waals surface area contributed by atoms with Crippen molar-refractivity contribution in [2.75, 3.05) is 18.5 Å². The average molecular weight is 529 g/mol. The molecule has 0 saturated carbocycles. The maximum absolute atomic E-state index is 13.2. The summed E-state index contributed by atoms with van der Waals surface area (Å²) in [6, 6.07) is 14.6. The lowest BCUT2D eigenvalue weighted by atomic mass is 9.80. The Bertz CT molecular complexity index is 1310. The summed E-state index contributed by atoms with van der Waals surface area (Å²) >= 11 is 0. The zero-order chi connectivity index (χ0) is 27.2. The number of nitrogens with one attached hydrogen (secondary N) is 3. The Hall–Kier alpha value is -3.99. The lowest BCUT2D eigenvalue weighted by Crippen LogP contribution is -2.41. The van der Waals surface area contributed by atoms with Gasteiger partial charge in [0, 0.05) is 31.3 Å². The Morgan fingerprint density at radius 3 is 2.47 bits per heavy atom. The first-order chi connectivity index (χ1) is 18.2. The normalized spacial score (nSPS) is 17.2. The van der Waals surface area contributed by atoms with Crippen LogP contribution in [0.25, 0.3) is 0 Å². The van der Waals surface area contributed by atoms with Crippen molar-refractivity contribution in [2.24, 2.45) is 5.41 Å². The predicted octanol–water partition coefficient (Wildman–Crippen LogP) is 4.61. The third-order valence-corrected chi connectivity index (χ3v) is 6.53. The van der Waals surface area contributed by atoms with Gasteiger partial charge in [0.05, 0.1) is 23.3 Å². The number of para-hydroxylation sites is 1. The van der Waals surface area contributed by atoms with Gasteiger partial charge in [-0.2, -0.15) is 18.3 Å². The van der Waals surface area contributed by atoms with Crippen molar-refractivity contribution in [3.8, 4) is 0 Å². The molecule has 1 atom stereocenters. The Morgan fingerprint density at radius 2 is 1.82 bits per heavy atom. The van der Waals surface area contributed by atoms with E-state index in [4.69, 9.17) is 4.74 Å². The molecule has 0 spiro atoms. The fourth-order valence-corrected chi connectivity index (χ4v) is 4.38. The minimum atomic E-state index is -4.47. The molecule has 4 rings (SSSR count). The van der Waals surface area contributed by atoms with Crippen molar-refractivity contribution in [2.45, 2.75) is 38.4 Å². The second-order valence-electron chi connectivity index (χ2n) is 9.21. The van der Waals surface area contributed by atoms with E-state index in [9.17, 15) is 27.6 Å². The molecule has 1 aliphatic rings. The molecule has 8 nitrogen and oxygen atoms in total. The Balaban J connectivity index is 1.31. The van der Waals surface area contributed by atoms with Crippen molar-refractivity contribution in [3.05, 3.63) is 87.8 Å². The number of carbonyl (C=O) groups excluding carboxylic acids is 2. The molecule has 2 heterocycles. The molecule has 11 heteroatoms. The molecule has 1 aliphatic heterocycles. The number of aromatic nitrogens is 2. The van der Waals surface area contributed by atoms with Crippen molar-refractivity contribution in [1.29, 1.82) is 0 Å². The number of Topliss-reactive ketones (excluding diaryl/α,β-unsaturated/α-hetero) is 1. The quantitative estimate of drug-likeness (QED) is 0.332. The third-order valence-electron chi connectivity index (χ3n) is 6.53. The van der Waals surface area contributed by atoms with Gasteiger partial charge in [-0.1, -0.05) is 24.3 Å². The predicted molar refractivity (Wildman–Crippen MR) is 134 cm³/mol. The standard InChI is InChI=1S/C27H27F3N4O4/c28-27(29,30)20-4-1-2-5-21(20)32-19-9-7-18(8-10-19)16-31-25(37)26(14-15-38-17-26)13-3-6-23(35)22-11-12-24(36)34-33-22/h1-2,4-5,7-12,32H,3,6,13-17H2,(H,31,37)(H,34,36). The summed E-state index contributed by atoms with van der Waals surface area (Å²) in [4.78, 5) is 36.6. The number of carbonyl (C=O) groups is 2. The summed E-state index contributed by atoms with van der Waals surface area (Å²) in [5.41, 5.74) is -0.498. The van der Waals surface area contributed by atoms with E-state index in [1.807, 2.05) is 0 Å². The Morgan fingerprint density at radius 1 is 1.05 bits per heavy atom. The third kappa shape index (κ3) is 6.65. The number of amides is 1. The number of ether oxygens (including phenoxy) is 1. The van der Waals surface area contributed by atoms with Gasteiger partial charge >= 0.3 is 6.18 Å². The number of benzene rings is 2. The van der Waals surface area contributed by atoms with E-state index in [-0.39, 0.29) is 42.6 Å². The van der Waals surface area contributed by atoms with Crippen LogP contribution in [0, 0.1) is 5.41 Å². The summed E-state index contributed by atoms with van der Waals surface area (Å²) in [5.74, 6) is -0.395. The SMILES string of the molecule is O=C(CCCC1(C(=O)NCc2ccc(Nc3ccccc3C(F)(F)F)cc2)CCOC1)c1ccc(=O)[nH]n1. The van der Waals surface area contributed by atoms with Crippen LogP contribution in [-0.4, -0.2) is 35.1 Å². The molecule has 1 saturated heterocycles. The van der Waals surface area contributed by atoms with E-state index in [2.05, 4.69) is 20.8 Å². The summed E-state index contributed by atoms with van der Waals surface area (Å²) < 4.78 is 45.2. The number of alkyl halides is 3. The minimum absolute atomic E-state index is 0.0426. The van der Waals surface area contributed by atoms with Gasteiger partial charge in [-0.15, -0.1) is 0 Å². The molecule has 0 bridgehead atoms. The first-order valence-corrected chi connectivity index (χ1v) is 12.1. The van der Waals surface area contributed by atoms with Crippen molar-refractivity contribution in [3.63, 3.8) is 0 Å². The van der Waals surface area contributed by atoms with Crippen LogP contribution in [0.3, 0.4) is 0 Å². The number of anilines is 2. The topological polar surface area (TPSA) is 113 Å². The number of H-pyrrole nitrogens is 1. The summed E-state index contributed by atoms with van der Waals surface area (Å²) in [5, 5.41) is 11.7. The summed E-state index contributed by atoms with van der Waals surface area (Å²) in [6.45, 7) is 0.939. The van der Waals surface area contributed by atoms with Crippen LogP contribution in [0.5, 0.6) is 0 Å². The fourth-order valence-electron chi connectivity index (χ4n) is 4.38. The number of hydrogen-bond donors (Lipinski definition) is 3. The van der Waals surface area contributed by atoms with Crippen molar-refractivity contribution in [1.82, 2.24) is 15.5 Å². The average Bonchev–Trinajstić information content (AvgIpc) is 3.38. The number of aromatic amines is 1. The highest BCUT2D eigenvalue weighted by atomic mass is 19.4. The molecule has 38 heavy (non-hydrogen) atoms. The van der Waals surface area contributed by atoms with Crippen LogP contribution >= 0.6 is 0 Å². The van der Waals surface area contributed by atoms with Gasteiger partial charge in [0.15, 0.2) is 5.78 Å². The molecular formula is C27H27F3N4O4. The van der Waals surface area contributed by atoms with Crippen LogP contribution in [-0.2, 0) is 22.3 Å². The molecule has 1 amide bonds. The Labute approximate surface area is 216 Å². The molecule has 1 unspecified atom stereocenters. The second kappa shape index (κ2) is 11.6. The van der Waals surface area contributed by atoms with Gasteiger partial charge in [-0.3, -0.25) is 14.4 Å². The van der Waals surface area contributed by atoms with Crippen LogP contribution < -0.4 is 16.2 Å². The number of halogens is 3. The monoisotopic (exact) mass is 528 g/mol. The highest BCUT2D eigenvalue weighted by Gasteiger charge is 2.41. The van der Waals surface area contributed by atoms with Crippen molar-refractivity contribution < 1.29 is 27.5 Å². The van der Waals surface area contributed by atoms with Crippen molar-refractivity contribution >= 4 is 23.1 Å². The zero-order valence-electron chi connectivity index (χ0n) is 20.4. The molecule has 2 aromatic carbocycles. The molecule has 3 N–H and O–H groups in total. The number of rotatable bonds is 10. The van der Waals surface area contributed by atoms with Crippen LogP contribution in [0.1, 0.15) is 47.3 Å². The second-order valence-corrected chi connectivity index (χ2v) is 9.21. The Kier molecular flexibility index (Phi) is 8.26. The van der Waals surface area contributed by atoms with E-state index in [1.54, 1.807) is 24.3 Å². The van der Waals surface area contributed by atoms with Gasteiger partial charge in [0.25, 0.3) is 5.56 Å². The first kappa shape index (κ1) is 27.1. The molecule has 3 aromatic rings. The molecule has 1 aromatic heterocycles. The van der Waals surface area contributed by atoms with Crippen LogP contribution in [0.2, 0.25) is 0 Å². The van der Waals surface area contributed by atoms with E-state index in [1.165, 1.54) is 30.3 Å². The number of nitrogens with zero attached hydrogens (tertiary/aromatic N) is 1. The highest BCUT2D eigenvalue weighted by Crippen LogP contribution is 2.36. The zero-order valence-corrected chi connectivity index (χ0v) is 20.4. The van der Waals surface area contributed by atoms with Crippen LogP contribution in [0.4, 0.5) is 24.5 Å². The molecular weight excluding hydrogens is 501 g/mol. The lowest BCUT2D eigenvalue weighted by molar-refractivity contribution is -0.137. The smallest absolute Gasteiger partial charge is 0.380 e. The molecule has 0 aliphatic carbocycles. The van der Waals surface area contributed by atoms with E-state index >= 15 is 0 Å². The summed E-state index contributed by atoms with van der Waals surface area (Å²) in [6.07, 6.45) is -2.85. The largest absolute Gasteiger partial charge is 0.418 e. The van der Waals surface area contributed by atoms with Gasteiger partial charge in [-0.05, 0) is 55.2 Å². The van der Waals surface area contributed by atoms with E-state index < -0.39 is 22.7 Å². The van der Waals surface area contributed by atoms with Gasteiger partial charge in [0.2, 0.25) is 5.91 Å². The van der Waals surface area contributed by atoms with Crippen LogP contribution in [0.15, 0.2) is 65.5 Å². The van der Waals surface area contributed by atoms with Gasteiger partial charge in [-0.25, -0.2) is 5.10 Å². The molecule has 0 radical (unpaired) electrons. The fraction of sp³-hybridized carbons (Fsp3) is 0.333. The highest BCUT2D eigenvalue weighted by molar-refractivity contribution is 5.94. The number of ketones is 1.